The number of benzene rings is 1. The maximum absolute atomic E-state index is 13.5. The van der Waals surface area contributed by atoms with E-state index in [0.29, 0.717) is 12.2 Å². The molecular weight excluding hydrogens is 215 g/mol. The Morgan fingerprint density at radius 1 is 1.29 bits per heavy atom. The maximum Gasteiger partial charge on any atom is 0.146 e. The molecule has 0 bridgehead atoms. The van der Waals surface area contributed by atoms with Crippen LogP contribution in [0.5, 0.6) is 0 Å². The van der Waals surface area contributed by atoms with Crippen LogP contribution < -0.4 is 10.6 Å². The first-order valence-electron chi connectivity index (χ1n) is 6.12. The van der Waals surface area contributed by atoms with E-state index in [1.807, 2.05) is 24.1 Å². The van der Waals surface area contributed by atoms with Crippen LogP contribution in [-0.4, -0.2) is 20.1 Å². The van der Waals surface area contributed by atoms with Crippen molar-refractivity contribution < 1.29 is 4.39 Å². The van der Waals surface area contributed by atoms with Crippen LogP contribution in [-0.2, 0) is 0 Å². The molecule has 0 aromatic heterocycles. The lowest BCUT2D eigenvalue weighted by Crippen LogP contribution is -2.26. The van der Waals surface area contributed by atoms with E-state index < -0.39 is 0 Å². The van der Waals surface area contributed by atoms with Crippen LogP contribution in [0.15, 0.2) is 24.3 Å². The predicted octanol–water partition coefficient (Wildman–Crippen LogP) is 3.03. The lowest BCUT2D eigenvalue weighted by molar-refractivity contribution is 0.338. The Labute approximate surface area is 104 Å². The van der Waals surface area contributed by atoms with Crippen LogP contribution in [0.3, 0.4) is 0 Å². The van der Waals surface area contributed by atoms with Gasteiger partial charge >= 0.3 is 0 Å². The molecule has 0 fully saturated rings. The summed E-state index contributed by atoms with van der Waals surface area (Å²) in [6.07, 6.45) is 2.08. The highest BCUT2D eigenvalue weighted by Crippen LogP contribution is 2.22. The Bertz CT molecular complexity index is 350. The minimum atomic E-state index is -0.159. The molecule has 0 radical (unpaired) electrons. The van der Waals surface area contributed by atoms with Gasteiger partial charge in [0.1, 0.15) is 5.82 Å². The highest BCUT2D eigenvalue weighted by atomic mass is 19.1. The summed E-state index contributed by atoms with van der Waals surface area (Å²) in [5.74, 6) is -0.159. The van der Waals surface area contributed by atoms with E-state index >= 15 is 0 Å². The fraction of sp³-hybridized carbons (Fsp3) is 0.571. The van der Waals surface area contributed by atoms with Crippen LogP contribution in [0.2, 0.25) is 0 Å². The van der Waals surface area contributed by atoms with Gasteiger partial charge in [0.15, 0.2) is 0 Å². The summed E-state index contributed by atoms with van der Waals surface area (Å²) in [5.41, 5.74) is 6.53. The summed E-state index contributed by atoms with van der Waals surface area (Å²) in [5, 5.41) is 0. The van der Waals surface area contributed by atoms with Crippen molar-refractivity contribution in [1.82, 2.24) is 0 Å². The average molecular weight is 238 g/mol. The predicted molar refractivity (Wildman–Crippen MR) is 71.7 cm³/mol. The summed E-state index contributed by atoms with van der Waals surface area (Å²) in [6.45, 7) is 5.87. The lowest BCUT2D eigenvalue weighted by atomic mass is 9.88. The molecular formula is C14H23FN2. The topological polar surface area (TPSA) is 29.3 Å². The molecule has 0 aliphatic heterocycles. The first kappa shape index (κ1) is 14.0. The second-order valence-electron chi connectivity index (χ2n) is 5.34. The van der Waals surface area contributed by atoms with Gasteiger partial charge in [-0.05, 0) is 36.9 Å². The van der Waals surface area contributed by atoms with Gasteiger partial charge in [0.25, 0.3) is 0 Å². The molecule has 1 rings (SSSR count). The van der Waals surface area contributed by atoms with E-state index in [4.69, 9.17) is 5.73 Å². The molecule has 0 atom stereocenters. The molecule has 0 amide bonds. The minimum Gasteiger partial charge on any atom is -0.372 e. The molecule has 0 heterocycles. The third-order valence-corrected chi connectivity index (χ3v) is 3.16. The number of hydrogen-bond acceptors (Lipinski definition) is 2. The molecule has 2 nitrogen and oxygen atoms in total. The minimum absolute atomic E-state index is 0.159. The standard InChI is InChI=1S/C14H23FN2/c1-14(2,11-16)9-6-10-17(3)13-8-5-4-7-12(13)15/h4-5,7-8H,6,9-11,16H2,1-3H3. The monoisotopic (exact) mass is 238 g/mol. The smallest absolute Gasteiger partial charge is 0.146 e. The molecule has 0 saturated heterocycles. The Hall–Kier alpha value is -1.09. The van der Waals surface area contributed by atoms with Crippen LogP contribution in [0, 0.1) is 11.2 Å². The van der Waals surface area contributed by atoms with Crippen molar-refractivity contribution in [3.8, 4) is 0 Å². The number of para-hydroxylation sites is 1. The first-order chi connectivity index (χ1) is 7.96. The molecule has 2 N–H and O–H groups in total. The molecule has 0 aliphatic rings. The highest BCUT2D eigenvalue weighted by Gasteiger charge is 2.15. The van der Waals surface area contributed by atoms with Gasteiger partial charge in [0, 0.05) is 13.6 Å². The van der Waals surface area contributed by atoms with Gasteiger partial charge in [-0.15, -0.1) is 0 Å². The molecule has 0 saturated carbocycles. The molecule has 0 aliphatic carbocycles. The normalized spacial score (nSPS) is 11.6. The van der Waals surface area contributed by atoms with Gasteiger partial charge in [0.2, 0.25) is 0 Å². The number of anilines is 1. The van der Waals surface area contributed by atoms with Gasteiger partial charge < -0.3 is 10.6 Å². The van der Waals surface area contributed by atoms with Crippen LogP contribution in [0.4, 0.5) is 10.1 Å². The van der Waals surface area contributed by atoms with Crippen molar-refractivity contribution in [2.45, 2.75) is 26.7 Å². The van der Waals surface area contributed by atoms with Crippen molar-refractivity contribution in [2.24, 2.45) is 11.1 Å². The lowest BCUT2D eigenvalue weighted by Gasteiger charge is -2.25. The summed E-state index contributed by atoms with van der Waals surface area (Å²) < 4.78 is 13.5. The molecule has 0 unspecified atom stereocenters. The van der Waals surface area contributed by atoms with E-state index in [2.05, 4.69) is 13.8 Å². The van der Waals surface area contributed by atoms with Crippen molar-refractivity contribution >= 4 is 5.69 Å². The summed E-state index contributed by atoms with van der Waals surface area (Å²) in [7, 11) is 1.92. The number of rotatable bonds is 6. The van der Waals surface area contributed by atoms with Gasteiger partial charge in [-0.1, -0.05) is 26.0 Å². The van der Waals surface area contributed by atoms with Crippen LogP contribution >= 0.6 is 0 Å². The number of halogens is 1. The Morgan fingerprint density at radius 3 is 2.53 bits per heavy atom. The van der Waals surface area contributed by atoms with Gasteiger partial charge in [0.05, 0.1) is 5.69 Å². The van der Waals surface area contributed by atoms with Gasteiger partial charge in [-0.25, -0.2) is 4.39 Å². The molecule has 1 aromatic rings. The molecule has 3 heteroatoms. The molecule has 1 aromatic carbocycles. The SMILES string of the molecule is CN(CCCC(C)(C)CN)c1ccccc1F. The fourth-order valence-electron chi connectivity index (χ4n) is 1.78. The summed E-state index contributed by atoms with van der Waals surface area (Å²) in [4.78, 5) is 1.96. The summed E-state index contributed by atoms with van der Waals surface area (Å²) >= 11 is 0. The van der Waals surface area contributed by atoms with Crippen LogP contribution in [0.25, 0.3) is 0 Å². The van der Waals surface area contributed by atoms with Crippen LogP contribution in [0.1, 0.15) is 26.7 Å². The molecule has 96 valence electrons. The Balaban J connectivity index is 2.46. The van der Waals surface area contributed by atoms with E-state index in [1.54, 1.807) is 6.07 Å². The second kappa shape index (κ2) is 6.01. The van der Waals surface area contributed by atoms with Crippen molar-refractivity contribution in [3.05, 3.63) is 30.1 Å². The number of nitrogens with two attached hydrogens (primary N) is 1. The largest absolute Gasteiger partial charge is 0.372 e. The van der Waals surface area contributed by atoms with Gasteiger partial charge in [-0.3, -0.25) is 0 Å². The molecule has 0 spiro atoms. The maximum atomic E-state index is 13.5. The fourth-order valence-corrected chi connectivity index (χ4v) is 1.78. The van der Waals surface area contributed by atoms with Gasteiger partial charge in [-0.2, -0.15) is 0 Å². The van der Waals surface area contributed by atoms with E-state index in [-0.39, 0.29) is 11.2 Å². The number of hydrogen-bond donors (Lipinski definition) is 1. The number of nitrogens with zero attached hydrogens (tertiary/aromatic N) is 1. The zero-order valence-corrected chi connectivity index (χ0v) is 11.0. The average Bonchev–Trinajstić information content (AvgIpc) is 2.29. The zero-order chi connectivity index (χ0) is 12.9. The second-order valence-corrected chi connectivity index (χ2v) is 5.34. The van der Waals surface area contributed by atoms with Crippen molar-refractivity contribution in [2.75, 3.05) is 25.0 Å². The first-order valence-corrected chi connectivity index (χ1v) is 6.12. The van der Waals surface area contributed by atoms with E-state index in [9.17, 15) is 4.39 Å². The van der Waals surface area contributed by atoms with E-state index in [1.165, 1.54) is 6.07 Å². The quantitative estimate of drug-likeness (QED) is 0.825. The van der Waals surface area contributed by atoms with E-state index in [0.717, 1.165) is 19.4 Å². The Kier molecular flexibility index (Phi) is 4.94. The zero-order valence-electron chi connectivity index (χ0n) is 11.0. The highest BCUT2D eigenvalue weighted by molar-refractivity contribution is 5.46. The summed E-state index contributed by atoms with van der Waals surface area (Å²) in [6, 6.07) is 6.88. The van der Waals surface area contributed by atoms with Crippen molar-refractivity contribution in [3.63, 3.8) is 0 Å². The third-order valence-electron chi connectivity index (χ3n) is 3.16. The Morgan fingerprint density at radius 2 is 1.94 bits per heavy atom. The third kappa shape index (κ3) is 4.35. The molecule has 17 heavy (non-hydrogen) atoms. The van der Waals surface area contributed by atoms with Crippen molar-refractivity contribution in [1.29, 1.82) is 0 Å².